The Bertz CT molecular complexity index is 468. The SMILES string of the molecule is CCCN(CCO)Cc1ccc(C=CC(=O)O)cc1F. The van der Waals surface area contributed by atoms with Gasteiger partial charge in [0.15, 0.2) is 0 Å². The van der Waals surface area contributed by atoms with Gasteiger partial charge in [0, 0.05) is 24.7 Å². The highest BCUT2D eigenvalue weighted by Gasteiger charge is 2.08. The zero-order chi connectivity index (χ0) is 15.0. The minimum atomic E-state index is -1.06. The van der Waals surface area contributed by atoms with Crippen molar-refractivity contribution in [2.75, 3.05) is 19.7 Å². The number of carboxylic acid groups (broad SMARTS) is 1. The summed E-state index contributed by atoms with van der Waals surface area (Å²) in [4.78, 5) is 12.4. The van der Waals surface area contributed by atoms with Crippen LogP contribution in [0.2, 0.25) is 0 Å². The molecule has 0 spiro atoms. The van der Waals surface area contributed by atoms with Crippen molar-refractivity contribution in [3.05, 3.63) is 41.2 Å². The molecule has 0 aromatic heterocycles. The molecule has 110 valence electrons. The minimum Gasteiger partial charge on any atom is -0.478 e. The van der Waals surface area contributed by atoms with E-state index in [1.807, 2.05) is 11.8 Å². The van der Waals surface area contributed by atoms with Crippen LogP contribution in [0, 0.1) is 5.82 Å². The highest BCUT2D eigenvalue weighted by Crippen LogP contribution is 2.14. The third-order valence-corrected chi connectivity index (χ3v) is 2.85. The lowest BCUT2D eigenvalue weighted by Gasteiger charge is -2.20. The van der Waals surface area contributed by atoms with Crippen LogP contribution in [0.1, 0.15) is 24.5 Å². The molecule has 1 rings (SSSR count). The summed E-state index contributed by atoms with van der Waals surface area (Å²) in [6.45, 7) is 3.80. The molecule has 0 saturated heterocycles. The molecule has 20 heavy (non-hydrogen) atoms. The number of carboxylic acids is 1. The van der Waals surface area contributed by atoms with E-state index in [0.717, 1.165) is 19.0 Å². The van der Waals surface area contributed by atoms with Crippen molar-refractivity contribution in [1.82, 2.24) is 4.90 Å². The molecule has 0 fully saturated rings. The number of aliphatic hydroxyl groups is 1. The normalized spacial score (nSPS) is 11.4. The van der Waals surface area contributed by atoms with Gasteiger partial charge in [0.25, 0.3) is 0 Å². The molecule has 0 aliphatic carbocycles. The van der Waals surface area contributed by atoms with E-state index >= 15 is 0 Å². The summed E-state index contributed by atoms with van der Waals surface area (Å²) in [6, 6.07) is 4.65. The summed E-state index contributed by atoms with van der Waals surface area (Å²) in [6.07, 6.45) is 3.26. The quantitative estimate of drug-likeness (QED) is 0.717. The zero-order valence-electron chi connectivity index (χ0n) is 11.6. The lowest BCUT2D eigenvalue weighted by molar-refractivity contribution is -0.131. The molecule has 0 saturated carbocycles. The average molecular weight is 281 g/mol. The molecule has 5 heteroatoms. The van der Waals surface area contributed by atoms with Gasteiger partial charge in [-0.2, -0.15) is 0 Å². The summed E-state index contributed by atoms with van der Waals surface area (Å²) >= 11 is 0. The summed E-state index contributed by atoms with van der Waals surface area (Å²) in [5.74, 6) is -1.43. The van der Waals surface area contributed by atoms with E-state index < -0.39 is 5.97 Å². The standard InChI is InChI=1S/C15H20FNO3/c1-2-7-17(8-9-18)11-13-5-3-12(10-14(13)16)4-6-15(19)20/h3-6,10,18H,2,7-9,11H2,1H3,(H,19,20). The molecule has 4 nitrogen and oxygen atoms in total. The van der Waals surface area contributed by atoms with Crippen molar-refractivity contribution in [3.8, 4) is 0 Å². The van der Waals surface area contributed by atoms with Crippen molar-refractivity contribution in [2.45, 2.75) is 19.9 Å². The van der Waals surface area contributed by atoms with Gasteiger partial charge in [-0.05, 0) is 30.7 Å². The van der Waals surface area contributed by atoms with Crippen LogP contribution in [0.4, 0.5) is 4.39 Å². The maximum Gasteiger partial charge on any atom is 0.328 e. The Hall–Kier alpha value is -1.72. The lowest BCUT2D eigenvalue weighted by Crippen LogP contribution is -2.27. The highest BCUT2D eigenvalue weighted by molar-refractivity contribution is 5.85. The Labute approximate surface area is 118 Å². The predicted molar refractivity (Wildman–Crippen MR) is 75.7 cm³/mol. The van der Waals surface area contributed by atoms with Gasteiger partial charge in [-0.25, -0.2) is 9.18 Å². The number of halogens is 1. The number of aliphatic hydroxyl groups excluding tert-OH is 1. The summed E-state index contributed by atoms with van der Waals surface area (Å²) in [7, 11) is 0. The molecule has 0 heterocycles. The van der Waals surface area contributed by atoms with E-state index in [-0.39, 0.29) is 12.4 Å². The minimum absolute atomic E-state index is 0.0427. The summed E-state index contributed by atoms with van der Waals surface area (Å²) in [5.41, 5.74) is 1.05. The molecule has 0 atom stereocenters. The van der Waals surface area contributed by atoms with Crippen LogP contribution in [-0.2, 0) is 11.3 Å². The fraction of sp³-hybridized carbons (Fsp3) is 0.400. The molecule has 1 aromatic rings. The molecule has 0 aliphatic rings. The van der Waals surface area contributed by atoms with E-state index in [2.05, 4.69) is 0 Å². The van der Waals surface area contributed by atoms with Gasteiger partial charge in [0.05, 0.1) is 6.61 Å². The van der Waals surface area contributed by atoms with E-state index in [1.54, 1.807) is 12.1 Å². The van der Waals surface area contributed by atoms with E-state index in [9.17, 15) is 9.18 Å². The number of rotatable bonds is 8. The first-order valence-electron chi connectivity index (χ1n) is 6.59. The van der Waals surface area contributed by atoms with Gasteiger partial charge >= 0.3 is 5.97 Å². The van der Waals surface area contributed by atoms with Crippen molar-refractivity contribution in [2.24, 2.45) is 0 Å². The van der Waals surface area contributed by atoms with Crippen LogP contribution in [-0.4, -0.2) is 40.8 Å². The van der Waals surface area contributed by atoms with Crippen LogP contribution < -0.4 is 0 Å². The van der Waals surface area contributed by atoms with Crippen molar-refractivity contribution >= 4 is 12.0 Å². The Morgan fingerprint density at radius 1 is 1.40 bits per heavy atom. The molecule has 0 unspecified atom stereocenters. The number of hydrogen-bond acceptors (Lipinski definition) is 3. The monoisotopic (exact) mass is 281 g/mol. The Kier molecular flexibility index (Phi) is 6.90. The number of hydrogen-bond donors (Lipinski definition) is 2. The van der Waals surface area contributed by atoms with Crippen molar-refractivity contribution in [3.63, 3.8) is 0 Å². The first-order valence-corrected chi connectivity index (χ1v) is 6.59. The van der Waals surface area contributed by atoms with Crippen LogP contribution in [0.25, 0.3) is 6.08 Å². The summed E-state index contributed by atoms with van der Waals surface area (Å²) in [5, 5.41) is 17.5. The first-order chi connectivity index (χ1) is 9.56. The van der Waals surface area contributed by atoms with Gasteiger partial charge in [0.2, 0.25) is 0 Å². The van der Waals surface area contributed by atoms with Gasteiger partial charge < -0.3 is 10.2 Å². The molecular weight excluding hydrogens is 261 g/mol. The highest BCUT2D eigenvalue weighted by atomic mass is 19.1. The van der Waals surface area contributed by atoms with Crippen molar-refractivity contribution in [1.29, 1.82) is 0 Å². The zero-order valence-corrected chi connectivity index (χ0v) is 11.6. The Morgan fingerprint density at radius 3 is 2.70 bits per heavy atom. The van der Waals surface area contributed by atoms with Crippen molar-refractivity contribution < 1.29 is 19.4 Å². The average Bonchev–Trinajstić information content (AvgIpc) is 2.39. The van der Waals surface area contributed by atoms with Crippen LogP contribution in [0.3, 0.4) is 0 Å². The third-order valence-electron chi connectivity index (χ3n) is 2.85. The molecule has 0 bridgehead atoms. The molecule has 1 aromatic carbocycles. The number of nitrogens with zero attached hydrogens (tertiary/aromatic N) is 1. The molecule has 0 radical (unpaired) electrons. The lowest BCUT2D eigenvalue weighted by atomic mass is 10.1. The second-order valence-electron chi connectivity index (χ2n) is 4.52. The van der Waals surface area contributed by atoms with Gasteiger partial charge in [-0.3, -0.25) is 4.90 Å². The second kappa shape index (κ2) is 8.45. The Morgan fingerprint density at radius 2 is 2.15 bits per heavy atom. The fourth-order valence-electron chi connectivity index (χ4n) is 1.93. The Balaban J connectivity index is 2.78. The smallest absolute Gasteiger partial charge is 0.328 e. The van der Waals surface area contributed by atoms with Crippen LogP contribution in [0.5, 0.6) is 0 Å². The van der Waals surface area contributed by atoms with Gasteiger partial charge in [0.1, 0.15) is 5.82 Å². The molecule has 2 N–H and O–H groups in total. The number of aliphatic carboxylic acids is 1. The van der Waals surface area contributed by atoms with Crippen LogP contribution in [0.15, 0.2) is 24.3 Å². The number of benzene rings is 1. The van der Waals surface area contributed by atoms with E-state index in [0.29, 0.717) is 24.2 Å². The number of carbonyl (C=O) groups is 1. The van der Waals surface area contributed by atoms with Crippen LogP contribution >= 0.6 is 0 Å². The van der Waals surface area contributed by atoms with E-state index in [1.165, 1.54) is 12.1 Å². The molecule has 0 aliphatic heterocycles. The van der Waals surface area contributed by atoms with Gasteiger partial charge in [-0.15, -0.1) is 0 Å². The molecule has 0 amide bonds. The molecular formula is C15H20FNO3. The largest absolute Gasteiger partial charge is 0.478 e. The summed E-state index contributed by atoms with van der Waals surface area (Å²) < 4.78 is 13.9. The third kappa shape index (κ3) is 5.50. The first kappa shape index (κ1) is 16.3. The second-order valence-corrected chi connectivity index (χ2v) is 4.52. The fourth-order valence-corrected chi connectivity index (χ4v) is 1.93. The predicted octanol–water partition coefficient (Wildman–Crippen LogP) is 2.13. The topological polar surface area (TPSA) is 60.8 Å². The van der Waals surface area contributed by atoms with E-state index in [4.69, 9.17) is 10.2 Å². The maximum absolute atomic E-state index is 13.9. The van der Waals surface area contributed by atoms with Gasteiger partial charge in [-0.1, -0.05) is 19.1 Å². The maximum atomic E-state index is 13.9.